The number of hydrogen-bond acceptors (Lipinski definition) is 4. The lowest BCUT2D eigenvalue weighted by molar-refractivity contribution is 0.164. The van der Waals surface area contributed by atoms with Gasteiger partial charge in [0.05, 0.1) is 11.8 Å². The fourth-order valence-electron chi connectivity index (χ4n) is 2.73. The van der Waals surface area contributed by atoms with E-state index in [1.807, 2.05) is 6.07 Å². The van der Waals surface area contributed by atoms with Gasteiger partial charge in [-0.3, -0.25) is 0 Å². The summed E-state index contributed by atoms with van der Waals surface area (Å²) in [4.78, 5) is 0. The van der Waals surface area contributed by atoms with Crippen LogP contribution in [0.1, 0.15) is 38.5 Å². The number of rotatable bonds is 2. The second kappa shape index (κ2) is 5.59. The molecule has 0 atom stereocenters. The van der Waals surface area contributed by atoms with Crippen molar-refractivity contribution in [1.82, 2.24) is 0 Å². The molecule has 1 aromatic rings. The maximum absolute atomic E-state index is 6.07. The van der Waals surface area contributed by atoms with Gasteiger partial charge in [0.2, 0.25) is 0 Å². The molecule has 1 aliphatic carbocycles. The lowest BCUT2D eigenvalue weighted by atomic mass is 10.1. The first kappa shape index (κ1) is 12.5. The molecule has 1 aromatic carbocycles. The molecule has 0 aromatic heterocycles. The molecule has 1 saturated carbocycles. The van der Waals surface area contributed by atoms with Crippen LogP contribution < -0.4 is 19.9 Å². The molecule has 1 aliphatic heterocycles. The first-order valence-electron chi connectivity index (χ1n) is 7.19. The minimum absolute atomic E-state index is 0.285. The van der Waals surface area contributed by atoms with Gasteiger partial charge in [-0.1, -0.05) is 12.8 Å². The van der Waals surface area contributed by atoms with Crippen molar-refractivity contribution in [2.24, 2.45) is 0 Å². The van der Waals surface area contributed by atoms with Gasteiger partial charge in [-0.2, -0.15) is 0 Å². The van der Waals surface area contributed by atoms with Crippen LogP contribution >= 0.6 is 0 Å². The number of hydrogen-bond donors (Lipinski definition) is 1. The molecule has 104 valence electrons. The molecule has 1 heterocycles. The first-order valence-corrected chi connectivity index (χ1v) is 7.19. The minimum atomic E-state index is 0.285. The van der Waals surface area contributed by atoms with Crippen LogP contribution in [-0.2, 0) is 0 Å². The highest BCUT2D eigenvalue weighted by molar-refractivity contribution is 5.62. The Balaban J connectivity index is 1.76. The number of fused-ring (bicyclic) bond motifs is 1. The Kier molecular flexibility index (Phi) is 3.67. The van der Waals surface area contributed by atoms with Crippen molar-refractivity contribution in [1.29, 1.82) is 0 Å². The Morgan fingerprint density at radius 3 is 2.26 bits per heavy atom. The van der Waals surface area contributed by atoms with Crippen LogP contribution in [0.3, 0.4) is 0 Å². The fraction of sp³-hybridized carbons (Fsp3) is 0.600. The second-order valence-electron chi connectivity index (χ2n) is 5.27. The molecule has 19 heavy (non-hydrogen) atoms. The summed E-state index contributed by atoms with van der Waals surface area (Å²) >= 11 is 0. The topological polar surface area (TPSA) is 53.7 Å². The summed E-state index contributed by atoms with van der Waals surface area (Å²) < 4.78 is 17.2. The molecule has 4 heteroatoms. The van der Waals surface area contributed by atoms with Crippen LogP contribution in [0.4, 0.5) is 5.69 Å². The quantitative estimate of drug-likeness (QED) is 0.658. The molecule has 2 aliphatic rings. The minimum Gasteiger partial charge on any atom is -0.488 e. The third kappa shape index (κ3) is 2.88. The van der Waals surface area contributed by atoms with Crippen LogP contribution in [0, 0.1) is 0 Å². The second-order valence-corrected chi connectivity index (χ2v) is 5.27. The highest BCUT2D eigenvalue weighted by Gasteiger charge is 2.19. The van der Waals surface area contributed by atoms with Gasteiger partial charge >= 0.3 is 0 Å². The number of nitrogen functional groups attached to an aromatic ring is 1. The van der Waals surface area contributed by atoms with E-state index >= 15 is 0 Å². The van der Waals surface area contributed by atoms with Crippen LogP contribution in [0.25, 0.3) is 0 Å². The standard InChI is InChI=1S/C15H21NO3/c16-12-9-14-15(18-8-7-17-14)10-13(12)19-11-5-3-1-2-4-6-11/h9-11H,1-8,16H2. The van der Waals surface area contributed by atoms with E-state index in [4.69, 9.17) is 19.9 Å². The van der Waals surface area contributed by atoms with Crippen molar-refractivity contribution < 1.29 is 14.2 Å². The molecule has 2 N–H and O–H groups in total. The third-order valence-corrected chi connectivity index (χ3v) is 3.77. The van der Waals surface area contributed by atoms with Crippen LogP contribution in [0.2, 0.25) is 0 Å². The summed E-state index contributed by atoms with van der Waals surface area (Å²) in [5, 5.41) is 0. The Labute approximate surface area is 113 Å². The molecule has 3 rings (SSSR count). The molecule has 0 saturated heterocycles. The van der Waals surface area contributed by atoms with Gasteiger partial charge in [-0.25, -0.2) is 0 Å². The fourth-order valence-corrected chi connectivity index (χ4v) is 2.73. The Bertz CT molecular complexity index is 439. The molecule has 0 unspecified atom stereocenters. The lowest BCUT2D eigenvalue weighted by Crippen LogP contribution is -2.18. The first-order chi connectivity index (χ1) is 9.33. The van der Waals surface area contributed by atoms with Crippen molar-refractivity contribution in [3.05, 3.63) is 12.1 Å². The van der Waals surface area contributed by atoms with Crippen molar-refractivity contribution in [2.45, 2.75) is 44.6 Å². The summed E-state index contributed by atoms with van der Waals surface area (Å²) in [6, 6.07) is 3.68. The van der Waals surface area contributed by atoms with E-state index in [9.17, 15) is 0 Å². The maximum atomic E-state index is 6.07. The smallest absolute Gasteiger partial charge is 0.165 e. The molecular formula is C15H21NO3. The Morgan fingerprint density at radius 2 is 1.58 bits per heavy atom. The van der Waals surface area contributed by atoms with Crippen LogP contribution in [0.15, 0.2) is 12.1 Å². The number of ether oxygens (including phenoxy) is 3. The van der Waals surface area contributed by atoms with Gasteiger partial charge in [0.15, 0.2) is 11.5 Å². The van der Waals surface area contributed by atoms with Crippen molar-refractivity contribution in [3.8, 4) is 17.2 Å². The van der Waals surface area contributed by atoms with Crippen LogP contribution in [-0.4, -0.2) is 19.3 Å². The monoisotopic (exact) mass is 263 g/mol. The van der Waals surface area contributed by atoms with E-state index in [-0.39, 0.29) is 6.10 Å². The van der Waals surface area contributed by atoms with E-state index in [1.165, 1.54) is 25.7 Å². The summed E-state index contributed by atoms with van der Waals surface area (Å²) in [6.45, 7) is 1.16. The number of benzene rings is 1. The summed E-state index contributed by atoms with van der Waals surface area (Å²) in [5.41, 5.74) is 6.67. The van der Waals surface area contributed by atoms with Gasteiger partial charge in [0, 0.05) is 12.1 Å². The van der Waals surface area contributed by atoms with Crippen molar-refractivity contribution in [3.63, 3.8) is 0 Å². The molecule has 4 nitrogen and oxygen atoms in total. The lowest BCUT2D eigenvalue weighted by Gasteiger charge is -2.22. The zero-order chi connectivity index (χ0) is 13.1. The van der Waals surface area contributed by atoms with Crippen molar-refractivity contribution >= 4 is 5.69 Å². The van der Waals surface area contributed by atoms with E-state index in [1.54, 1.807) is 6.07 Å². The van der Waals surface area contributed by atoms with Crippen LogP contribution in [0.5, 0.6) is 17.2 Å². The van der Waals surface area contributed by atoms with Gasteiger partial charge in [0.25, 0.3) is 0 Å². The summed E-state index contributed by atoms with van der Waals surface area (Å²) in [5.74, 6) is 2.19. The maximum Gasteiger partial charge on any atom is 0.165 e. The average Bonchev–Trinajstić information content (AvgIpc) is 2.68. The molecule has 0 bridgehead atoms. The Morgan fingerprint density at radius 1 is 0.947 bits per heavy atom. The number of anilines is 1. The zero-order valence-electron chi connectivity index (χ0n) is 11.2. The largest absolute Gasteiger partial charge is 0.488 e. The molecule has 0 radical (unpaired) electrons. The van der Waals surface area contributed by atoms with E-state index in [0.29, 0.717) is 18.9 Å². The normalized spacial score (nSPS) is 19.8. The van der Waals surface area contributed by atoms with Gasteiger partial charge in [-0.15, -0.1) is 0 Å². The SMILES string of the molecule is Nc1cc2c(cc1OC1CCCCCC1)OCCO2. The van der Waals surface area contributed by atoms with Gasteiger partial charge in [-0.05, 0) is 25.7 Å². The zero-order valence-corrected chi connectivity index (χ0v) is 11.2. The predicted octanol–water partition coefficient (Wildman–Crippen LogP) is 3.14. The molecule has 0 spiro atoms. The molecular weight excluding hydrogens is 242 g/mol. The van der Waals surface area contributed by atoms with Gasteiger partial charge in [0.1, 0.15) is 19.0 Å². The molecule has 0 amide bonds. The number of nitrogens with two attached hydrogens (primary N) is 1. The van der Waals surface area contributed by atoms with Gasteiger partial charge < -0.3 is 19.9 Å². The van der Waals surface area contributed by atoms with E-state index in [2.05, 4.69) is 0 Å². The average molecular weight is 263 g/mol. The van der Waals surface area contributed by atoms with E-state index < -0.39 is 0 Å². The summed E-state index contributed by atoms with van der Waals surface area (Å²) in [6.07, 6.45) is 7.64. The Hall–Kier alpha value is -1.58. The highest BCUT2D eigenvalue weighted by atomic mass is 16.6. The predicted molar refractivity (Wildman–Crippen MR) is 74.0 cm³/mol. The summed E-state index contributed by atoms with van der Waals surface area (Å²) in [7, 11) is 0. The third-order valence-electron chi connectivity index (χ3n) is 3.77. The van der Waals surface area contributed by atoms with E-state index in [0.717, 1.165) is 30.1 Å². The van der Waals surface area contributed by atoms with Crippen molar-refractivity contribution in [2.75, 3.05) is 18.9 Å². The molecule has 1 fully saturated rings. The highest BCUT2D eigenvalue weighted by Crippen LogP contribution is 2.39.